The van der Waals surface area contributed by atoms with Gasteiger partial charge in [-0.2, -0.15) is 0 Å². The molecule has 3 unspecified atom stereocenters. The van der Waals surface area contributed by atoms with Crippen LogP contribution in [0.3, 0.4) is 0 Å². The number of nitrogens with zero attached hydrogens (tertiary/aromatic N) is 2. The molecule has 0 aliphatic carbocycles. The molecule has 0 spiro atoms. The molecule has 3 N–H and O–H groups in total. The van der Waals surface area contributed by atoms with Crippen LogP contribution in [0.2, 0.25) is 0 Å². The predicted octanol–water partition coefficient (Wildman–Crippen LogP) is 6.13. The fourth-order valence-corrected chi connectivity index (χ4v) is 5.71. The molecule has 7 nitrogen and oxygen atoms in total. The fourth-order valence-electron chi connectivity index (χ4n) is 5.71. The van der Waals surface area contributed by atoms with Crippen LogP contribution in [-0.2, 0) is 9.59 Å². The third-order valence-corrected chi connectivity index (χ3v) is 7.61. The Bertz CT molecular complexity index is 1350. The number of nitrogens with two attached hydrogens (primary N) is 1. The number of hydrogen-bond donors (Lipinski definition) is 2. The summed E-state index contributed by atoms with van der Waals surface area (Å²) in [5, 5.41) is 3.00. The maximum atomic E-state index is 14.6. The summed E-state index contributed by atoms with van der Waals surface area (Å²) >= 11 is 0. The van der Waals surface area contributed by atoms with Crippen LogP contribution in [0, 0.1) is 0 Å². The number of urea groups is 1. The highest BCUT2D eigenvalue weighted by Crippen LogP contribution is 2.41. The van der Waals surface area contributed by atoms with Crippen molar-refractivity contribution in [3.8, 4) is 0 Å². The molecule has 1 saturated heterocycles. The Morgan fingerprint density at radius 1 is 0.927 bits per heavy atom. The van der Waals surface area contributed by atoms with Crippen molar-refractivity contribution in [3.05, 3.63) is 102 Å². The van der Waals surface area contributed by atoms with E-state index in [0.717, 1.165) is 16.7 Å². The number of primary amides is 1. The van der Waals surface area contributed by atoms with E-state index in [1.807, 2.05) is 93.6 Å². The molecule has 3 aromatic carbocycles. The molecule has 3 atom stereocenters. The highest BCUT2D eigenvalue weighted by molar-refractivity contribution is 6.00. The number of likely N-dealkylation sites (tertiary alicyclic amines) is 1. The van der Waals surface area contributed by atoms with Gasteiger partial charge >= 0.3 is 6.03 Å². The number of hydrogen-bond acceptors (Lipinski definition) is 3. The van der Waals surface area contributed by atoms with E-state index in [0.29, 0.717) is 18.5 Å². The van der Waals surface area contributed by atoms with E-state index in [1.54, 1.807) is 4.90 Å². The zero-order chi connectivity index (χ0) is 29.7. The van der Waals surface area contributed by atoms with E-state index in [-0.39, 0.29) is 36.2 Å². The summed E-state index contributed by atoms with van der Waals surface area (Å²) in [5.74, 6) is -0.390. The molecule has 1 heterocycles. The molecule has 0 radical (unpaired) electrons. The Balaban J connectivity index is 1.86. The van der Waals surface area contributed by atoms with Crippen molar-refractivity contribution in [1.82, 2.24) is 10.2 Å². The fraction of sp³-hybridized carbons (Fsp3) is 0.382. The van der Waals surface area contributed by atoms with Crippen LogP contribution in [0.1, 0.15) is 82.0 Å². The quantitative estimate of drug-likeness (QED) is 0.368. The molecule has 1 aliphatic rings. The van der Waals surface area contributed by atoms with Gasteiger partial charge in [0.15, 0.2) is 0 Å². The first-order chi connectivity index (χ1) is 19.4. The Morgan fingerprint density at radius 2 is 1.54 bits per heavy atom. The van der Waals surface area contributed by atoms with Crippen LogP contribution >= 0.6 is 0 Å². The van der Waals surface area contributed by atoms with E-state index < -0.39 is 17.6 Å². The number of nitrogens with one attached hydrogen (secondary N) is 1. The van der Waals surface area contributed by atoms with E-state index in [2.05, 4.69) is 31.3 Å². The highest BCUT2D eigenvalue weighted by Gasteiger charge is 2.43. The molecule has 4 rings (SSSR count). The largest absolute Gasteiger partial charge is 0.351 e. The zero-order valence-corrected chi connectivity index (χ0v) is 24.7. The Labute approximate surface area is 243 Å². The van der Waals surface area contributed by atoms with Crippen LogP contribution in [0.5, 0.6) is 0 Å². The molecule has 1 aliphatic heterocycles. The normalized spacial score (nSPS) is 19.5. The van der Waals surface area contributed by atoms with Crippen molar-refractivity contribution in [3.63, 3.8) is 0 Å². The summed E-state index contributed by atoms with van der Waals surface area (Å²) in [7, 11) is 0. The lowest BCUT2D eigenvalue weighted by atomic mass is 9.86. The average molecular weight is 555 g/mol. The number of amides is 4. The van der Waals surface area contributed by atoms with Crippen molar-refractivity contribution in [2.24, 2.45) is 5.73 Å². The summed E-state index contributed by atoms with van der Waals surface area (Å²) < 4.78 is 0. The molecule has 0 bridgehead atoms. The first-order valence-corrected chi connectivity index (χ1v) is 14.3. The van der Waals surface area contributed by atoms with Gasteiger partial charge in [0.1, 0.15) is 12.6 Å². The van der Waals surface area contributed by atoms with Gasteiger partial charge in [0.25, 0.3) is 0 Å². The monoisotopic (exact) mass is 554 g/mol. The van der Waals surface area contributed by atoms with Gasteiger partial charge in [-0.3, -0.25) is 14.5 Å². The summed E-state index contributed by atoms with van der Waals surface area (Å²) in [5.41, 5.74) is 9.21. The van der Waals surface area contributed by atoms with Gasteiger partial charge in [-0.05, 0) is 74.3 Å². The number of rotatable bonds is 7. The van der Waals surface area contributed by atoms with Gasteiger partial charge in [0, 0.05) is 11.2 Å². The molecule has 3 aromatic rings. The lowest BCUT2D eigenvalue weighted by Crippen LogP contribution is -2.55. The van der Waals surface area contributed by atoms with Gasteiger partial charge in [-0.1, -0.05) is 86.6 Å². The third kappa shape index (κ3) is 7.34. The standard InChI is InChI=1S/C34H42N4O3/c1-23(2)26-17-12-18-28(19-26)38(33(35)41)30-21-27(24-13-8-6-9-14-24)20-29(25-15-10-7-11-16-25)37(32(30)40)22-31(39)36-34(3,4)5/h6-19,23,27,29-30H,20-22H2,1-5H3,(H2,35,41)(H,36,39). The van der Waals surface area contributed by atoms with Crippen LogP contribution in [0.25, 0.3) is 0 Å². The van der Waals surface area contributed by atoms with Crippen molar-refractivity contribution in [1.29, 1.82) is 0 Å². The first kappa shape index (κ1) is 29.8. The van der Waals surface area contributed by atoms with Gasteiger partial charge in [0.2, 0.25) is 11.8 Å². The third-order valence-electron chi connectivity index (χ3n) is 7.61. The van der Waals surface area contributed by atoms with Crippen molar-refractivity contribution in [2.75, 3.05) is 11.4 Å². The molecule has 0 aromatic heterocycles. The van der Waals surface area contributed by atoms with Gasteiger partial charge in [0.05, 0.1) is 6.04 Å². The number of carbonyl (C=O) groups is 3. The van der Waals surface area contributed by atoms with Gasteiger partial charge < -0.3 is 16.0 Å². The second-order valence-corrected chi connectivity index (χ2v) is 12.2. The molecule has 1 fully saturated rings. The lowest BCUT2D eigenvalue weighted by molar-refractivity contribution is -0.139. The summed E-state index contributed by atoms with van der Waals surface area (Å²) in [6.07, 6.45) is 0.968. The molecule has 4 amide bonds. The number of carbonyl (C=O) groups excluding carboxylic acids is 3. The Kier molecular flexibility index (Phi) is 9.16. The van der Waals surface area contributed by atoms with Crippen LogP contribution in [-0.4, -0.2) is 40.9 Å². The van der Waals surface area contributed by atoms with Crippen molar-refractivity contribution < 1.29 is 14.4 Å². The summed E-state index contributed by atoms with van der Waals surface area (Å²) in [4.78, 5) is 44.2. The van der Waals surface area contributed by atoms with E-state index in [4.69, 9.17) is 5.73 Å². The van der Waals surface area contributed by atoms with Crippen molar-refractivity contribution >= 4 is 23.5 Å². The SMILES string of the molecule is CC(C)c1cccc(N(C(N)=O)C2CC(c3ccccc3)CC(c3ccccc3)N(CC(=O)NC(C)(C)C)C2=O)c1. The summed E-state index contributed by atoms with van der Waals surface area (Å²) in [6.45, 7) is 9.76. The Morgan fingerprint density at radius 3 is 2.10 bits per heavy atom. The maximum absolute atomic E-state index is 14.6. The molecule has 41 heavy (non-hydrogen) atoms. The van der Waals surface area contributed by atoms with Gasteiger partial charge in [-0.25, -0.2) is 4.79 Å². The average Bonchev–Trinajstić information content (AvgIpc) is 3.06. The Hall–Kier alpha value is -4.13. The second-order valence-electron chi connectivity index (χ2n) is 12.2. The number of benzene rings is 3. The molecular formula is C34H42N4O3. The first-order valence-electron chi connectivity index (χ1n) is 14.3. The topological polar surface area (TPSA) is 95.7 Å². The van der Waals surface area contributed by atoms with Crippen LogP contribution in [0.15, 0.2) is 84.9 Å². The van der Waals surface area contributed by atoms with E-state index in [1.165, 1.54) is 4.90 Å². The van der Waals surface area contributed by atoms with Crippen LogP contribution < -0.4 is 16.0 Å². The summed E-state index contributed by atoms with van der Waals surface area (Å²) in [6, 6.07) is 25.5. The second kappa shape index (κ2) is 12.6. The number of anilines is 1. The minimum Gasteiger partial charge on any atom is -0.351 e. The minimum absolute atomic E-state index is 0.0684. The zero-order valence-electron chi connectivity index (χ0n) is 24.7. The maximum Gasteiger partial charge on any atom is 0.320 e. The molecule has 216 valence electrons. The van der Waals surface area contributed by atoms with E-state index in [9.17, 15) is 14.4 Å². The molecule has 0 saturated carbocycles. The van der Waals surface area contributed by atoms with Gasteiger partial charge in [-0.15, -0.1) is 0 Å². The van der Waals surface area contributed by atoms with Crippen molar-refractivity contribution in [2.45, 2.75) is 76.9 Å². The highest BCUT2D eigenvalue weighted by atomic mass is 16.2. The smallest absolute Gasteiger partial charge is 0.320 e. The van der Waals surface area contributed by atoms with Crippen LogP contribution in [0.4, 0.5) is 10.5 Å². The minimum atomic E-state index is -0.892. The lowest BCUT2D eigenvalue weighted by Gasteiger charge is -2.35. The molecular weight excluding hydrogens is 512 g/mol. The van der Waals surface area contributed by atoms with E-state index >= 15 is 0 Å². The predicted molar refractivity (Wildman–Crippen MR) is 164 cm³/mol. The molecule has 7 heteroatoms.